The zero-order chi connectivity index (χ0) is 12.9. The molecule has 3 nitrogen and oxygen atoms in total. The van der Waals surface area contributed by atoms with E-state index in [0.717, 1.165) is 11.2 Å². The van der Waals surface area contributed by atoms with E-state index in [4.69, 9.17) is 4.74 Å². The van der Waals surface area contributed by atoms with E-state index < -0.39 is 4.75 Å². The third kappa shape index (κ3) is 3.89. The molecule has 0 aliphatic heterocycles. The molecule has 0 unspecified atom stereocenters. The van der Waals surface area contributed by atoms with Crippen LogP contribution < -0.4 is 0 Å². The summed E-state index contributed by atoms with van der Waals surface area (Å²) in [6.45, 7) is 5.82. The van der Waals surface area contributed by atoms with E-state index in [9.17, 15) is 9.59 Å². The maximum Gasteiger partial charge on any atom is 0.321 e. The molecule has 0 aromatic heterocycles. The lowest BCUT2D eigenvalue weighted by molar-refractivity contribution is -0.145. The Balaban J connectivity index is 2.74. The molecule has 0 aliphatic carbocycles. The van der Waals surface area contributed by atoms with E-state index >= 15 is 0 Å². The second-order valence-electron chi connectivity index (χ2n) is 4.02. The molecule has 0 saturated carbocycles. The molecule has 0 radical (unpaired) electrons. The monoisotopic (exact) mass is 252 g/mol. The molecule has 0 aliphatic rings. The molecule has 17 heavy (non-hydrogen) atoms. The molecule has 0 fully saturated rings. The second-order valence-corrected chi connectivity index (χ2v) is 5.72. The van der Waals surface area contributed by atoms with Gasteiger partial charge in [-0.2, -0.15) is 0 Å². The summed E-state index contributed by atoms with van der Waals surface area (Å²) in [7, 11) is 0. The van der Waals surface area contributed by atoms with E-state index in [1.54, 1.807) is 19.1 Å². The Morgan fingerprint density at radius 3 is 2.41 bits per heavy atom. The van der Waals surface area contributed by atoms with Crippen LogP contribution in [0.3, 0.4) is 0 Å². The maximum atomic E-state index is 11.7. The van der Waals surface area contributed by atoms with Crippen molar-refractivity contribution >= 4 is 24.0 Å². The van der Waals surface area contributed by atoms with Gasteiger partial charge in [0, 0.05) is 10.5 Å². The minimum absolute atomic E-state index is 0.232. The number of aldehydes is 1. The van der Waals surface area contributed by atoms with Crippen LogP contribution in [0, 0.1) is 0 Å². The van der Waals surface area contributed by atoms with Gasteiger partial charge in [0.15, 0.2) is 0 Å². The summed E-state index contributed by atoms with van der Waals surface area (Å²) in [5, 5.41) is 0. The predicted molar refractivity (Wildman–Crippen MR) is 68.4 cm³/mol. The highest BCUT2D eigenvalue weighted by molar-refractivity contribution is 8.01. The van der Waals surface area contributed by atoms with Gasteiger partial charge < -0.3 is 4.74 Å². The van der Waals surface area contributed by atoms with Crippen LogP contribution in [0.2, 0.25) is 0 Å². The largest absolute Gasteiger partial charge is 0.465 e. The van der Waals surface area contributed by atoms with Crippen molar-refractivity contribution < 1.29 is 14.3 Å². The Morgan fingerprint density at radius 1 is 1.35 bits per heavy atom. The molecule has 0 atom stereocenters. The molecular formula is C13H16O3S. The number of hydrogen-bond donors (Lipinski definition) is 0. The van der Waals surface area contributed by atoms with Gasteiger partial charge in [-0.05, 0) is 32.9 Å². The van der Waals surface area contributed by atoms with Gasteiger partial charge in [-0.1, -0.05) is 12.1 Å². The number of ether oxygens (including phenoxy) is 1. The zero-order valence-electron chi connectivity index (χ0n) is 10.2. The van der Waals surface area contributed by atoms with Gasteiger partial charge in [0.1, 0.15) is 11.0 Å². The Morgan fingerprint density at radius 2 is 1.94 bits per heavy atom. The molecule has 0 spiro atoms. The molecule has 0 amide bonds. The number of rotatable bonds is 5. The molecule has 4 heteroatoms. The minimum atomic E-state index is -0.626. The molecule has 1 rings (SSSR count). The number of esters is 1. The first-order chi connectivity index (χ1) is 7.99. The lowest BCUT2D eigenvalue weighted by Crippen LogP contribution is -2.29. The van der Waals surface area contributed by atoms with Crippen LogP contribution in [-0.4, -0.2) is 23.6 Å². The van der Waals surface area contributed by atoms with Crippen LogP contribution in [0.4, 0.5) is 0 Å². The van der Waals surface area contributed by atoms with Gasteiger partial charge in [0.2, 0.25) is 0 Å². The number of carbonyl (C=O) groups excluding carboxylic acids is 2. The van der Waals surface area contributed by atoms with Gasteiger partial charge in [-0.15, -0.1) is 11.8 Å². The van der Waals surface area contributed by atoms with Crippen molar-refractivity contribution in [3.63, 3.8) is 0 Å². The summed E-state index contributed by atoms with van der Waals surface area (Å²) in [6, 6.07) is 7.12. The average molecular weight is 252 g/mol. The molecule has 0 saturated heterocycles. The minimum Gasteiger partial charge on any atom is -0.465 e. The Labute approximate surface area is 106 Å². The number of benzene rings is 1. The van der Waals surface area contributed by atoms with E-state index in [1.807, 2.05) is 26.0 Å². The Hall–Kier alpha value is -1.29. The van der Waals surface area contributed by atoms with E-state index in [2.05, 4.69) is 0 Å². The summed E-state index contributed by atoms with van der Waals surface area (Å²) >= 11 is 1.42. The smallest absolute Gasteiger partial charge is 0.321 e. The van der Waals surface area contributed by atoms with Crippen molar-refractivity contribution in [2.24, 2.45) is 0 Å². The van der Waals surface area contributed by atoms with Crippen LogP contribution in [0.15, 0.2) is 29.2 Å². The maximum absolute atomic E-state index is 11.7. The average Bonchev–Trinajstić information content (AvgIpc) is 2.30. The van der Waals surface area contributed by atoms with E-state index in [-0.39, 0.29) is 5.97 Å². The highest BCUT2D eigenvalue weighted by Crippen LogP contribution is 2.33. The summed E-state index contributed by atoms with van der Waals surface area (Å²) in [4.78, 5) is 23.1. The number of hydrogen-bond acceptors (Lipinski definition) is 4. The fraction of sp³-hybridized carbons (Fsp3) is 0.385. The van der Waals surface area contributed by atoms with Crippen molar-refractivity contribution in [1.82, 2.24) is 0 Å². The lowest BCUT2D eigenvalue weighted by Gasteiger charge is -2.21. The van der Waals surface area contributed by atoms with Crippen LogP contribution in [-0.2, 0) is 9.53 Å². The second kappa shape index (κ2) is 5.87. The summed E-state index contributed by atoms with van der Waals surface area (Å²) in [5.74, 6) is -0.232. The van der Waals surface area contributed by atoms with Crippen molar-refractivity contribution in [3.8, 4) is 0 Å². The van der Waals surface area contributed by atoms with Gasteiger partial charge in [-0.25, -0.2) is 0 Å². The molecule has 1 aromatic carbocycles. The molecule has 0 N–H and O–H groups in total. The van der Waals surface area contributed by atoms with Crippen molar-refractivity contribution in [2.45, 2.75) is 30.4 Å². The molecule has 0 heterocycles. The first kappa shape index (κ1) is 13.8. The first-order valence-corrected chi connectivity index (χ1v) is 6.22. The summed E-state index contributed by atoms with van der Waals surface area (Å²) in [6.07, 6.45) is 0.797. The predicted octanol–water partition coefficient (Wildman–Crippen LogP) is 2.93. The van der Waals surface area contributed by atoms with Crippen LogP contribution >= 0.6 is 11.8 Å². The Kier molecular flexibility index (Phi) is 4.75. The van der Waals surface area contributed by atoms with Crippen molar-refractivity contribution in [2.75, 3.05) is 6.61 Å². The van der Waals surface area contributed by atoms with Crippen LogP contribution in [0.5, 0.6) is 0 Å². The highest BCUT2D eigenvalue weighted by Gasteiger charge is 2.30. The van der Waals surface area contributed by atoms with Gasteiger partial charge >= 0.3 is 5.97 Å². The number of carbonyl (C=O) groups is 2. The highest BCUT2D eigenvalue weighted by atomic mass is 32.2. The first-order valence-electron chi connectivity index (χ1n) is 5.41. The SMILES string of the molecule is CCOC(=O)C(C)(C)Sc1ccc(C=O)cc1. The van der Waals surface area contributed by atoms with Crippen molar-refractivity contribution in [3.05, 3.63) is 29.8 Å². The normalized spacial score (nSPS) is 11.0. The van der Waals surface area contributed by atoms with Gasteiger partial charge in [0.05, 0.1) is 6.61 Å². The van der Waals surface area contributed by atoms with Gasteiger partial charge in [-0.3, -0.25) is 9.59 Å². The third-order valence-electron chi connectivity index (χ3n) is 2.16. The fourth-order valence-electron chi connectivity index (χ4n) is 1.26. The van der Waals surface area contributed by atoms with Gasteiger partial charge in [0.25, 0.3) is 0 Å². The quantitative estimate of drug-likeness (QED) is 0.459. The molecular weight excluding hydrogens is 236 g/mol. The fourth-order valence-corrected chi connectivity index (χ4v) is 2.26. The number of thioether (sulfide) groups is 1. The van der Waals surface area contributed by atoms with Crippen LogP contribution in [0.25, 0.3) is 0 Å². The lowest BCUT2D eigenvalue weighted by atomic mass is 10.2. The Bertz CT molecular complexity index is 396. The van der Waals surface area contributed by atoms with E-state index in [0.29, 0.717) is 12.2 Å². The molecule has 92 valence electrons. The molecule has 1 aromatic rings. The van der Waals surface area contributed by atoms with Crippen molar-refractivity contribution in [1.29, 1.82) is 0 Å². The summed E-state index contributed by atoms with van der Waals surface area (Å²) < 4.78 is 4.38. The zero-order valence-corrected chi connectivity index (χ0v) is 11.0. The standard InChI is InChI=1S/C13H16O3S/c1-4-16-12(15)13(2,3)17-11-7-5-10(9-14)6-8-11/h5-9H,4H2,1-3H3. The summed E-state index contributed by atoms with van der Waals surface area (Å²) in [5.41, 5.74) is 0.628. The topological polar surface area (TPSA) is 43.4 Å². The van der Waals surface area contributed by atoms with Crippen LogP contribution in [0.1, 0.15) is 31.1 Å². The third-order valence-corrected chi connectivity index (χ3v) is 3.34. The molecule has 0 bridgehead atoms. The van der Waals surface area contributed by atoms with E-state index in [1.165, 1.54) is 11.8 Å².